The van der Waals surface area contributed by atoms with Gasteiger partial charge in [-0.15, -0.1) is 0 Å². The minimum absolute atomic E-state index is 0.718. The monoisotopic (exact) mass is 280 g/mol. The zero-order valence-electron chi connectivity index (χ0n) is 14.2. The average molecular weight is 280 g/mol. The molecule has 0 bridgehead atoms. The number of hydrogen-bond acceptors (Lipinski definition) is 2. The summed E-state index contributed by atoms with van der Waals surface area (Å²) in [7, 11) is 0. The fourth-order valence-electron chi connectivity index (χ4n) is 3.05. The minimum atomic E-state index is 0.718. The summed E-state index contributed by atoms with van der Waals surface area (Å²) in [5.74, 6) is 0. The van der Waals surface area contributed by atoms with Crippen molar-refractivity contribution in [2.45, 2.75) is 104 Å². The molecule has 0 amide bonds. The van der Waals surface area contributed by atoms with Crippen LogP contribution in [0.25, 0.3) is 0 Å². The van der Waals surface area contributed by atoms with Crippen LogP contribution < -0.4 is 0 Å². The van der Waals surface area contributed by atoms with Crippen molar-refractivity contribution in [2.75, 3.05) is 6.54 Å². The van der Waals surface area contributed by atoms with Gasteiger partial charge in [-0.2, -0.15) is 5.10 Å². The second-order valence-electron chi connectivity index (χ2n) is 6.35. The van der Waals surface area contributed by atoms with Gasteiger partial charge in [-0.25, -0.2) is 0 Å². The lowest BCUT2D eigenvalue weighted by Crippen LogP contribution is -2.27. The Labute approximate surface area is 127 Å². The van der Waals surface area contributed by atoms with Gasteiger partial charge in [-0.05, 0) is 25.7 Å². The predicted octanol–water partition coefficient (Wildman–Crippen LogP) is 5.77. The lowest BCUT2D eigenvalue weighted by molar-refractivity contribution is 0.212. The smallest absolute Gasteiger partial charge is 0.0523 e. The fourth-order valence-corrected chi connectivity index (χ4v) is 3.05. The number of hydrazone groups is 1. The van der Waals surface area contributed by atoms with Crippen LogP contribution in [0.2, 0.25) is 0 Å². The molecule has 0 aromatic carbocycles. The molecule has 0 aromatic heterocycles. The summed E-state index contributed by atoms with van der Waals surface area (Å²) in [5.41, 5.74) is 1.48. The summed E-state index contributed by atoms with van der Waals surface area (Å²) >= 11 is 0. The second kappa shape index (κ2) is 11.2. The Balaban J connectivity index is 2.38. The van der Waals surface area contributed by atoms with E-state index in [1.54, 1.807) is 0 Å². The van der Waals surface area contributed by atoms with E-state index in [0.29, 0.717) is 0 Å². The molecule has 118 valence electrons. The van der Waals surface area contributed by atoms with E-state index >= 15 is 0 Å². The molecule has 1 aliphatic heterocycles. The first-order valence-corrected chi connectivity index (χ1v) is 9.14. The Morgan fingerprint density at radius 2 is 1.55 bits per heavy atom. The van der Waals surface area contributed by atoms with E-state index in [2.05, 4.69) is 25.8 Å². The molecular formula is C18H36N2. The van der Waals surface area contributed by atoms with Crippen molar-refractivity contribution in [1.82, 2.24) is 5.01 Å². The summed E-state index contributed by atoms with van der Waals surface area (Å²) in [6, 6.07) is 0.718. The number of nitrogens with zero attached hydrogens (tertiary/aromatic N) is 2. The van der Waals surface area contributed by atoms with Gasteiger partial charge in [-0.3, -0.25) is 5.01 Å². The molecule has 20 heavy (non-hydrogen) atoms. The highest BCUT2D eigenvalue weighted by Gasteiger charge is 2.24. The van der Waals surface area contributed by atoms with Crippen LogP contribution in [-0.2, 0) is 0 Å². The van der Waals surface area contributed by atoms with Crippen molar-refractivity contribution in [1.29, 1.82) is 0 Å². The average Bonchev–Trinajstić information content (AvgIpc) is 2.82. The molecule has 2 nitrogen and oxygen atoms in total. The SMILES string of the molecule is CCCCCC1=NN(CCCCC)C(CCCCC)C1. The molecule has 1 atom stereocenters. The predicted molar refractivity (Wildman–Crippen MR) is 90.4 cm³/mol. The molecule has 1 aliphatic rings. The quantitative estimate of drug-likeness (QED) is 0.414. The standard InChI is InChI=1S/C18H36N2/c1-4-7-10-13-17-16-18(14-11-8-5-2)20(19-17)15-12-9-6-3/h18H,4-16H2,1-3H3. The van der Waals surface area contributed by atoms with Crippen molar-refractivity contribution in [3.63, 3.8) is 0 Å². The van der Waals surface area contributed by atoms with Gasteiger partial charge in [0.1, 0.15) is 0 Å². The van der Waals surface area contributed by atoms with E-state index in [1.807, 2.05) is 0 Å². The maximum atomic E-state index is 4.94. The third-order valence-electron chi connectivity index (χ3n) is 4.36. The summed E-state index contributed by atoms with van der Waals surface area (Å²) < 4.78 is 0. The molecule has 0 N–H and O–H groups in total. The Kier molecular flexibility index (Phi) is 9.78. The molecule has 0 fully saturated rings. The third kappa shape index (κ3) is 6.76. The lowest BCUT2D eigenvalue weighted by atomic mass is 10.0. The van der Waals surface area contributed by atoms with Crippen LogP contribution in [-0.4, -0.2) is 23.3 Å². The van der Waals surface area contributed by atoms with Crippen LogP contribution in [0.4, 0.5) is 0 Å². The Morgan fingerprint density at radius 3 is 2.25 bits per heavy atom. The van der Waals surface area contributed by atoms with Crippen LogP contribution in [0.5, 0.6) is 0 Å². The molecule has 0 aromatic rings. The van der Waals surface area contributed by atoms with Gasteiger partial charge in [0.15, 0.2) is 0 Å². The first-order chi connectivity index (χ1) is 9.81. The summed E-state index contributed by atoms with van der Waals surface area (Å²) in [6.45, 7) is 8.03. The van der Waals surface area contributed by atoms with E-state index in [1.165, 1.54) is 89.3 Å². The highest BCUT2D eigenvalue weighted by molar-refractivity contribution is 5.86. The van der Waals surface area contributed by atoms with Crippen LogP contribution in [0.15, 0.2) is 5.10 Å². The van der Waals surface area contributed by atoms with Gasteiger partial charge in [0.05, 0.1) is 6.04 Å². The van der Waals surface area contributed by atoms with Gasteiger partial charge in [0.25, 0.3) is 0 Å². The first kappa shape index (κ1) is 17.5. The van der Waals surface area contributed by atoms with E-state index in [-0.39, 0.29) is 0 Å². The molecule has 1 unspecified atom stereocenters. The van der Waals surface area contributed by atoms with Gasteiger partial charge in [0, 0.05) is 18.7 Å². The van der Waals surface area contributed by atoms with E-state index in [4.69, 9.17) is 5.10 Å². The summed E-state index contributed by atoms with van der Waals surface area (Å²) in [4.78, 5) is 0. The minimum Gasteiger partial charge on any atom is -0.294 e. The molecular weight excluding hydrogens is 244 g/mol. The first-order valence-electron chi connectivity index (χ1n) is 9.14. The van der Waals surface area contributed by atoms with Gasteiger partial charge in [-0.1, -0.05) is 65.7 Å². The maximum Gasteiger partial charge on any atom is 0.0523 e. The van der Waals surface area contributed by atoms with E-state index < -0.39 is 0 Å². The largest absolute Gasteiger partial charge is 0.294 e. The molecule has 0 aliphatic carbocycles. The number of hydrogen-bond donors (Lipinski definition) is 0. The normalized spacial score (nSPS) is 18.6. The maximum absolute atomic E-state index is 4.94. The Morgan fingerprint density at radius 1 is 0.900 bits per heavy atom. The van der Waals surface area contributed by atoms with Crippen LogP contribution >= 0.6 is 0 Å². The van der Waals surface area contributed by atoms with Gasteiger partial charge in [0.2, 0.25) is 0 Å². The Hall–Kier alpha value is -0.530. The van der Waals surface area contributed by atoms with E-state index in [0.717, 1.165) is 6.04 Å². The van der Waals surface area contributed by atoms with Crippen LogP contribution in [0.1, 0.15) is 97.8 Å². The summed E-state index contributed by atoms with van der Waals surface area (Å²) in [6.07, 6.45) is 15.9. The van der Waals surface area contributed by atoms with Crippen molar-refractivity contribution in [3.8, 4) is 0 Å². The summed E-state index contributed by atoms with van der Waals surface area (Å²) in [5, 5.41) is 7.38. The van der Waals surface area contributed by atoms with Crippen LogP contribution in [0, 0.1) is 0 Å². The number of rotatable bonds is 12. The third-order valence-corrected chi connectivity index (χ3v) is 4.36. The van der Waals surface area contributed by atoms with Crippen molar-refractivity contribution < 1.29 is 0 Å². The molecule has 1 heterocycles. The topological polar surface area (TPSA) is 15.6 Å². The molecule has 0 spiro atoms. The molecule has 0 saturated carbocycles. The molecule has 0 radical (unpaired) electrons. The second-order valence-corrected chi connectivity index (χ2v) is 6.35. The molecule has 1 rings (SSSR count). The zero-order valence-corrected chi connectivity index (χ0v) is 14.2. The highest BCUT2D eigenvalue weighted by Crippen LogP contribution is 2.24. The van der Waals surface area contributed by atoms with Gasteiger partial charge >= 0.3 is 0 Å². The lowest BCUT2D eigenvalue weighted by Gasteiger charge is -2.23. The van der Waals surface area contributed by atoms with Crippen molar-refractivity contribution in [3.05, 3.63) is 0 Å². The fraction of sp³-hybridized carbons (Fsp3) is 0.944. The Bertz CT molecular complexity index is 260. The van der Waals surface area contributed by atoms with Crippen LogP contribution in [0.3, 0.4) is 0 Å². The highest BCUT2D eigenvalue weighted by atomic mass is 15.5. The zero-order chi connectivity index (χ0) is 14.6. The number of unbranched alkanes of at least 4 members (excludes halogenated alkanes) is 6. The van der Waals surface area contributed by atoms with Gasteiger partial charge < -0.3 is 0 Å². The van der Waals surface area contributed by atoms with Crippen molar-refractivity contribution in [2.24, 2.45) is 5.10 Å². The van der Waals surface area contributed by atoms with Crippen molar-refractivity contribution >= 4 is 5.71 Å². The molecule has 0 saturated heterocycles. The van der Waals surface area contributed by atoms with E-state index in [9.17, 15) is 0 Å². The molecule has 2 heteroatoms.